The van der Waals surface area contributed by atoms with Crippen LogP contribution in [0.5, 0.6) is 0 Å². The van der Waals surface area contributed by atoms with E-state index >= 15 is 0 Å². The topological polar surface area (TPSA) is 38.1 Å². The summed E-state index contributed by atoms with van der Waals surface area (Å²) in [5.41, 5.74) is 0.355. The van der Waals surface area contributed by atoms with Gasteiger partial charge in [-0.1, -0.05) is 11.6 Å². The Balaban J connectivity index is 2.10. The van der Waals surface area contributed by atoms with Crippen LogP contribution >= 0.6 is 11.6 Å². The minimum absolute atomic E-state index is 0.160. The number of rotatable bonds is 5. The molecule has 0 amide bonds. The van der Waals surface area contributed by atoms with Gasteiger partial charge in [0.1, 0.15) is 5.69 Å². The molecule has 1 aliphatic rings. The number of alkyl halides is 2. The first kappa shape index (κ1) is 16.4. The lowest BCUT2D eigenvalue weighted by atomic mass is 9.83. The van der Waals surface area contributed by atoms with Crippen LogP contribution in [0.2, 0.25) is 5.02 Å². The second-order valence-corrected chi connectivity index (χ2v) is 6.27. The summed E-state index contributed by atoms with van der Waals surface area (Å²) in [7, 11) is 3.85. The van der Waals surface area contributed by atoms with Gasteiger partial charge in [0.15, 0.2) is 5.78 Å². The molecule has 1 aromatic rings. The van der Waals surface area contributed by atoms with Crippen LogP contribution in [0.4, 0.5) is 8.78 Å². The first-order valence-corrected chi connectivity index (χ1v) is 7.46. The zero-order valence-electron chi connectivity index (χ0n) is 12.3. The van der Waals surface area contributed by atoms with Gasteiger partial charge in [-0.15, -0.1) is 0 Å². The predicted molar refractivity (Wildman–Crippen MR) is 77.0 cm³/mol. The van der Waals surface area contributed by atoms with Gasteiger partial charge in [-0.05, 0) is 26.9 Å². The molecule has 1 aliphatic carbocycles. The first-order valence-electron chi connectivity index (χ1n) is 7.08. The molecule has 4 nitrogen and oxygen atoms in total. The van der Waals surface area contributed by atoms with E-state index in [4.69, 9.17) is 11.6 Å². The van der Waals surface area contributed by atoms with Gasteiger partial charge < -0.3 is 4.90 Å². The van der Waals surface area contributed by atoms with Crippen LogP contribution in [-0.2, 0) is 6.54 Å². The molecular weight excluding hydrogens is 300 g/mol. The summed E-state index contributed by atoms with van der Waals surface area (Å²) >= 11 is 6.06. The smallest absolute Gasteiger partial charge is 0.248 e. The maximum Gasteiger partial charge on any atom is 0.248 e. The number of carbonyl (C=O) groups is 1. The lowest BCUT2D eigenvalue weighted by molar-refractivity contribution is -0.0425. The molecule has 0 bridgehead atoms. The third kappa shape index (κ3) is 4.01. The van der Waals surface area contributed by atoms with Crippen molar-refractivity contribution in [3.63, 3.8) is 0 Å². The molecule has 0 unspecified atom stereocenters. The molecule has 0 atom stereocenters. The highest BCUT2D eigenvalue weighted by Gasteiger charge is 2.38. The standard InChI is InChI=1S/C14H20ClF2N3O/c1-19(2)7-8-20-12(11(15)9-18-20)13(21)10-3-5-14(16,17)6-4-10/h9-10H,3-8H2,1-2H3. The number of likely N-dealkylation sites (N-methyl/N-ethyl adjacent to an activating group) is 1. The van der Waals surface area contributed by atoms with Gasteiger partial charge in [-0.3, -0.25) is 9.48 Å². The van der Waals surface area contributed by atoms with Crippen molar-refractivity contribution in [1.82, 2.24) is 14.7 Å². The summed E-state index contributed by atoms with van der Waals surface area (Å²) in [6, 6.07) is 0. The summed E-state index contributed by atoms with van der Waals surface area (Å²) in [5.74, 6) is -3.17. The summed E-state index contributed by atoms with van der Waals surface area (Å²) in [6.07, 6.45) is 1.41. The van der Waals surface area contributed by atoms with Crippen molar-refractivity contribution in [2.75, 3.05) is 20.6 Å². The van der Waals surface area contributed by atoms with Gasteiger partial charge >= 0.3 is 0 Å². The van der Waals surface area contributed by atoms with Crippen molar-refractivity contribution in [3.05, 3.63) is 16.9 Å². The largest absolute Gasteiger partial charge is 0.308 e. The van der Waals surface area contributed by atoms with E-state index in [2.05, 4.69) is 5.10 Å². The molecule has 0 spiro atoms. The fourth-order valence-electron chi connectivity index (χ4n) is 2.57. The predicted octanol–water partition coefficient (Wildman–Crippen LogP) is 3.11. The molecule has 1 aromatic heterocycles. The molecular formula is C14H20ClF2N3O. The number of carbonyl (C=O) groups excluding carboxylic acids is 1. The highest BCUT2D eigenvalue weighted by Crippen LogP contribution is 2.38. The van der Waals surface area contributed by atoms with E-state index in [0.717, 1.165) is 6.54 Å². The number of nitrogens with zero attached hydrogens (tertiary/aromatic N) is 3. The Morgan fingerprint density at radius 3 is 2.67 bits per heavy atom. The van der Waals surface area contributed by atoms with Crippen LogP contribution in [0.15, 0.2) is 6.20 Å². The molecule has 1 saturated carbocycles. The molecule has 1 fully saturated rings. The van der Waals surface area contributed by atoms with Crippen LogP contribution in [-0.4, -0.2) is 47.0 Å². The van der Waals surface area contributed by atoms with Gasteiger partial charge in [0, 0.05) is 25.3 Å². The number of Topliss-reactive ketones (excluding diaryl/α,β-unsaturated/α-hetero) is 1. The van der Waals surface area contributed by atoms with Crippen molar-refractivity contribution in [2.24, 2.45) is 5.92 Å². The maximum atomic E-state index is 13.2. The lowest BCUT2D eigenvalue weighted by Crippen LogP contribution is -2.30. The first-order chi connectivity index (χ1) is 9.80. The molecule has 2 rings (SSSR count). The van der Waals surface area contributed by atoms with E-state index in [-0.39, 0.29) is 37.4 Å². The summed E-state index contributed by atoms with van der Waals surface area (Å²) in [4.78, 5) is 14.5. The van der Waals surface area contributed by atoms with E-state index in [9.17, 15) is 13.6 Å². The van der Waals surface area contributed by atoms with Gasteiger partial charge in [0.05, 0.1) is 17.8 Å². The average Bonchev–Trinajstić information content (AvgIpc) is 2.76. The van der Waals surface area contributed by atoms with E-state index in [1.54, 1.807) is 4.68 Å². The average molecular weight is 320 g/mol. The SMILES string of the molecule is CN(C)CCn1ncc(Cl)c1C(=O)C1CCC(F)(F)CC1. The van der Waals surface area contributed by atoms with Gasteiger partial charge in [0.25, 0.3) is 0 Å². The summed E-state index contributed by atoms with van der Waals surface area (Å²) in [6.45, 7) is 1.27. The minimum Gasteiger partial charge on any atom is -0.308 e. The molecule has 21 heavy (non-hydrogen) atoms. The van der Waals surface area contributed by atoms with Gasteiger partial charge in [-0.25, -0.2) is 8.78 Å². The highest BCUT2D eigenvalue weighted by atomic mass is 35.5. The summed E-state index contributed by atoms with van der Waals surface area (Å²) in [5, 5.41) is 4.42. The van der Waals surface area contributed by atoms with Crippen LogP contribution in [0, 0.1) is 5.92 Å². The number of hydrogen-bond acceptors (Lipinski definition) is 3. The second-order valence-electron chi connectivity index (χ2n) is 5.86. The molecule has 0 radical (unpaired) electrons. The van der Waals surface area contributed by atoms with Crippen LogP contribution in [0.3, 0.4) is 0 Å². The Hall–Kier alpha value is -1.01. The van der Waals surface area contributed by atoms with Gasteiger partial charge in [-0.2, -0.15) is 5.10 Å². The van der Waals surface area contributed by atoms with Crippen LogP contribution < -0.4 is 0 Å². The fourth-order valence-corrected chi connectivity index (χ4v) is 2.80. The molecule has 0 N–H and O–H groups in total. The number of aromatic nitrogens is 2. The number of ketones is 1. The fraction of sp³-hybridized carbons (Fsp3) is 0.714. The molecule has 0 saturated heterocycles. The lowest BCUT2D eigenvalue weighted by Gasteiger charge is -2.27. The molecule has 1 heterocycles. The van der Waals surface area contributed by atoms with Crippen molar-refractivity contribution < 1.29 is 13.6 Å². The number of halogens is 3. The Morgan fingerprint density at radius 1 is 1.48 bits per heavy atom. The van der Waals surface area contributed by atoms with E-state index in [1.807, 2.05) is 19.0 Å². The Bertz CT molecular complexity index is 506. The molecule has 0 aliphatic heterocycles. The number of hydrogen-bond donors (Lipinski definition) is 0. The van der Waals surface area contributed by atoms with E-state index in [1.165, 1.54) is 6.20 Å². The van der Waals surface area contributed by atoms with E-state index < -0.39 is 5.92 Å². The summed E-state index contributed by atoms with van der Waals surface area (Å²) < 4.78 is 28.0. The maximum absolute atomic E-state index is 13.2. The Labute approximate surface area is 128 Å². The van der Waals surface area contributed by atoms with Gasteiger partial charge in [0.2, 0.25) is 5.92 Å². The molecule has 7 heteroatoms. The normalized spacial score (nSPS) is 19.1. The zero-order valence-corrected chi connectivity index (χ0v) is 13.0. The second kappa shape index (κ2) is 6.40. The Morgan fingerprint density at radius 2 is 2.10 bits per heavy atom. The van der Waals surface area contributed by atoms with Crippen molar-refractivity contribution in [1.29, 1.82) is 0 Å². The van der Waals surface area contributed by atoms with Crippen molar-refractivity contribution in [2.45, 2.75) is 38.2 Å². The van der Waals surface area contributed by atoms with Crippen molar-refractivity contribution in [3.8, 4) is 0 Å². The third-order valence-corrected chi connectivity index (χ3v) is 4.15. The van der Waals surface area contributed by atoms with Crippen LogP contribution in [0.25, 0.3) is 0 Å². The zero-order chi connectivity index (χ0) is 15.6. The Kier molecular flexibility index (Phi) is 4.99. The quantitative estimate of drug-likeness (QED) is 0.783. The molecule has 118 valence electrons. The van der Waals surface area contributed by atoms with Crippen LogP contribution in [0.1, 0.15) is 36.2 Å². The van der Waals surface area contributed by atoms with E-state index in [0.29, 0.717) is 17.3 Å². The monoisotopic (exact) mass is 319 g/mol. The molecule has 0 aromatic carbocycles. The minimum atomic E-state index is -2.63. The third-order valence-electron chi connectivity index (χ3n) is 3.88. The van der Waals surface area contributed by atoms with Crippen molar-refractivity contribution >= 4 is 17.4 Å². The highest BCUT2D eigenvalue weighted by molar-refractivity contribution is 6.33.